The van der Waals surface area contributed by atoms with Gasteiger partial charge in [0.1, 0.15) is 35.7 Å². The second kappa shape index (κ2) is 18.0. The number of aliphatic hydroxyl groups excluding tert-OH is 1. The number of hydrogen-bond acceptors (Lipinski definition) is 9. The summed E-state index contributed by atoms with van der Waals surface area (Å²) in [7, 11) is 1.35. The maximum absolute atomic E-state index is 14.1. The van der Waals surface area contributed by atoms with Gasteiger partial charge in [-0.25, -0.2) is 0 Å². The van der Waals surface area contributed by atoms with Crippen LogP contribution in [0.3, 0.4) is 0 Å². The molecule has 2 aliphatic rings. The Kier molecular flexibility index (Phi) is 12.9. The summed E-state index contributed by atoms with van der Waals surface area (Å²) < 4.78 is 0. The number of β-amino-alcohol motifs (C(OH)–C–C–N with tert-alkyl or cyclic N) is 1. The molecule has 6 rings (SSSR count). The first-order valence-corrected chi connectivity index (χ1v) is 19.4. The minimum Gasteiger partial charge on any atom is -0.507 e. The van der Waals surface area contributed by atoms with E-state index < -0.39 is 72.3 Å². The van der Waals surface area contributed by atoms with Crippen molar-refractivity contribution in [2.75, 3.05) is 26.7 Å². The Balaban J connectivity index is 1.24. The second-order valence-electron chi connectivity index (χ2n) is 14.8. The van der Waals surface area contributed by atoms with Crippen LogP contribution in [0.2, 0.25) is 5.02 Å². The van der Waals surface area contributed by atoms with Crippen LogP contribution in [0.15, 0.2) is 84.9 Å². The Morgan fingerprint density at radius 1 is 0.881 bits per heavy atom. The van der Waals surface area contributed by atoms with Gasteiger partial charge in [-0.1, -0.05) is 48.0 Å². The third-order valence-electron chi connectivity index (χ3n) is 10.5. The molecule has 0 aromatic heterocycles. The number of nitrogens with one attached hydrogen (secondary N) is 4. The van der Waals surface area contributed by atoms with Gasteiger partial charge in [-0.2, -0.15) is 0 Å². The highest BCUT2D eigenvalue weighted by Gasteiger charge is 2.35. The summed E-state index contributed by atoms with van der Waals surface area (Å²) in [5.74, 6) is -4.36. The highest BCUT2D eigenvalue weighted by Crippen LogP contribution is 2.38. The SMILES string of the molecule is C[C@@H]1NC(=O)C(N(C)C(=O)CNC(=O)c2ccc(-c3ccc(Cl)cc3)cc2)c2ccc(O)c(c2)-c2cc(ccc2O)CC(C(=O)N[C@@H](C)C(=O)N2CCC(O)C2)NC1=O. The van der Waals surface area contributed by atoms with Gasteiger partial charge in [0.05, 0.1) is 12.6 Å². The fourth-order valence-corrected chi connectivity index (χ4v) is 7.22. The molecule has 308 valence electrons. The third-order valence-corrected chi connectivity index (χ3v) is 10.7. The minimum absolute atomic E-state index is 0.104. The first-order chi connectivity index (χ1) is 28.1. The van der Waals surface area contributed by atoms with Crippen molar-refractivity contribution in [2.45, 2.75) is 57.0 Å². The van der Waals surface area contributed by atoms with Crippen LogP contribution in [0.25, 0.3) is 22.3 Å². The van der Waals surface area contributed by atoms with Crippen molar-refractivity contribution in [3.05, 3.63) is 107 Å². The zero-order chi connectivity index (χ0) is 42.5. The highest BCUT2D eigenvalue weighted by atomic mass is 35.5. The smallest absolute Gasteiger partial charge is 0.251 e. The molecule has 1 fully saturated rings. The summed E-state index contributed by atoms with van der Waals surface area (Å²) in [6.45, 7) is 2.86. The summed E-state index contributed by atoms with van der Waals surface area (Å²) >= 11 is 6.00. The average Bonchev–Trinajstić information content (AvgIpc) is 3.66. The lowest BCUT2D eigenvalue weighted by Gasteiger charge is -2.30. The van der Waals surface area contributed by atoms with E-state index in [2.05, 4.69) is 21.3 Å². The number of benzene rings is 4. The van der Waals surface area contributed by atoms with Gasteiger partial charge in [-0.3, -0.25) is 28.8 Å². The summed E-state index contributed by atoms with van der Waals surface area (Å²) in [5.41, 5.74) is 2.97. The fraction of sp³-hybridized carbons (Fsp3) is 0.302. The van der Waals surface area contributed by atoms with E-state index >= 15 is 0 Å². The van der Waals surface area contributed by atoms with Gasteiger partial charge in [0.15, 0.2) is 0 Å². The third kappa shape index (κ3) is 9.82. The molecule has 4 aromatic rings. The van der Waals surface area contributed by atoms with E-state index in [9.17, 15) is 44.1 Å². The lowest BCUT2D eigenvalue weighted by Crippen LogP contribution is -2.57. The number of likely N-dealkylation sites (tertiary alicyclic amines) is 1. The molecule has 2 heterocycles. The van der Waals surface area contributed by atoms with E-state index in [4.69, 9.17) is 11.6 Å². The van der Waals surface area contributed by atoms with Gasteiger partial charge in [0, 0.05) is 48.3 Å². The van der Waals surface area contributed by atoms with Gasteiger partial charge >= 0.3 is 0 Å². The van der Waals surface area contributed by atoms with Crippen molar-refractivity contribution in [1.29, 1.82) is 0 Å². The zero-order valence-corrected chi connectivity index (χ0v) is 33.3. The quantitative estimate of drug-likeness (QED) is 0.139. The maximum Gasteiger partial charge on any atom is 0.251 e. The number of phenolic OH excluding ortho intramolecular Hbond substituents is 2. The number of aliphatic hydroxyl groups is 1. The molecule has 4 aromatic carbocycles. The number of fused-ring (bicyclic) bond motifs is 5. The molecule has 7 N–H and O–H groups in total. The molecule has 3 unspecified atom stereocenters. The standard InChI is InChI=1S/C43H45ClN6O9/c1-23-39(55)48-34(41(57)47-24(2)43(59)50-17-16-31(51)22-50)19-25-4-14-35(52)32(18-25)33-20-29(11-15-36(33)53)38(42(58)46-23)49(3)37(54)21-45-40(56)28-7-5-26(6-8-28)27-9-12-30(44)13-10-27/h4-15,18,20,23-24,31,34,38,51-53H,16-17,19,21-22H2,1-3H3,(H,45,56)(H,46,58)(H,47,57)(H,48,55)/t23-,24-,31?,34?,38?/m0/s1. The number of hydrogen-bond donors (Lipinski definition) is 7. The first-order valence-electron chi connectivity index (χ1n) is 19.0. The fourth-order valence-electron chi connectivity index (χ4n) is 7.09. The van der Waals surface area contributed by atoms with Crippen molar-refractivity contribution in [2.24, 2.45) is 0 Å². The number of carbonyl (C=O) groups is 6. The Hall–Kier alpha value is -6.45. The van der Waals surface area contributed by atoms with E-state index in [1.165, 1.54) is 56.1 Å². The Bertz CT molecular complexity index is 2270. The van der Waals surface area contributed by atoms with E-state index in [0.717, 1.165) is 16.0 Å². The second-order valence-corrected chi connectivity index (χ2v) is 15.2. The molecule has 5 atom stereocenters. The summed E-state index contributed by atoms with van der Waals surface area (Å²) in [5, 5.41) is 43.0. The van der Waals surface area contributed by atoms with Crippen LogP contribution in [0, 0.1) is 0 Å². The molecule has 0 radical (unpaired) electrons. The van der Waals surface area contributed by atoms with Crippen LogP contribution in [0.4, 0.5) is 0 Å². The average molecular weight is 825 g/mol. The number of carbonyl (C=O) groups excluding carboxylic acids is 6. The first kappa shape index (κ1) is 42.2. The number of phenols is 2. The van der Waals surface area contributed by atoms with Crippen molar-refractivity contribution in [3.63, 3.8) is 0 Å². The van der Waals surface area contributed by atoms with Crippen molar-refractivity contribution >= 4 is 47.0 Å². The van der Waals surface area contributed by atoms with Crippen LogP contribution >= 0.6 is 11.6 Å². The van der Waals surface area contributed by atoms with Crippen molar-refractivity contribution < 1.29 is 44.1 Å². The van der Waals surface area contributed by atoms with E-state index in [1.54, 1.807) is 42.5 Å². The Morgan fingerprint density at radius 3 is 2.15 bits per heavy atom. The molecule has 16 heteroatoms. The molecule has 2 aliphatic heterocycles. The Morgan fingerprint density at radius 2 is 1.51 bits per heavy atom. The molecule has 1 saturated heterocycles. The molecule has 0 spiro atoms. The summed E-state index contributed by atoms with van der Waals surface area (Å²) in [4.78, 5) is 83.8. The van der Waals surface area contributed by atoms with Crippen molar-refractivity contribution in [3.8, 4) is 33.8 Å². The number of likely N-dealkylation sites (N-methyl/N-ethyl adjacent to an activating group) is 1. The number of halogens is 1. The van der Waals surface area contributed by atoms with E-state index in [1.807, 2.05) is 12.1 Å². The largest absolute Gasteiger partial charge is 0.507 e. The van der Waals surface area contributed by atoms with Gasteiger partial charge < -0.3 is 46.4 Å². The van der Waals surface area contributed by atoms with Gasteiger partial charge in [0.2, 0.25) is 29.5 Å². The number of aromatic hydroxyl groups is 2. The molecular formula is C43H45ClN6O9. The van der Waals surface area contributed by atoms with Gasteiger partial charge in [-0.15, -0.1) is 0 Å². The van der Waals surface area contributed by atoms with Crippen LogP contribution < -0.4 is 21.3 Å². The van der Waals surface area contributed by atoms with Gasteiger partial charge in [0.25, 0.3) is 5.91 Å². The van der Waals surface area contributed by atoms with Crippen molar-refractivity contribution in [1.82, 2.24) is 31.1 Å². The van der Waals surface area contributed by atoms with Crippen LogP contribution in [0.1, 0.15) is 47.8 Å². The lowest BCUT2D eigenvalue weighted by atomic mass is 9.93. The topological polar surface area (TPSA) is 218 Å². The lowest BCUT2D eigenvalue weighted by molar-refractivity contribution is -0.140. The Labute approximate surface area is 345 Å². The monoisotopic (exact) mass is 824 g/mol. The van der Waals surface area contributed by atoms with Crippen LogP contribution in [0.5, 0.6) is 11.5 Å². The highest BCUT2D eigenvalue weighted by molar-refractivity contribution is 6.30. The molecule has 0 aliphatic carbocycles. The number of nitrogens with zero attached hydrogens (tertiary/aromatic N) is 2. The predicted molar refractivity (Wildman–Crippen MR) is 218 cm³/mol. The normalized spacial score (nSPS) is 19.7. The minimum atomic E-state index is -1.41. The maximum atomic E-state index is 14.1. The van der Waals surface area contributed by atoms with E-state index in [0.29, 0.717) is 29.1 Å². The number of amides is 6. The molecule has 0 saturated carbocycles. The molecule has 6 amide bonds. The molecule has 59 heavy (non-hydrogen) atoms. The molecule has 4 bridgehead atoms. The molecular weight excluding hydrogens is 780 g/mol. The predicted octanol–water partition coefficient (Wildman–Crippen LogP) is 2.66. The summed E-state index contributed by atoms with van der Waals surface area (Å²) in [6.07, 6.45) is -0.344. The van der Waals surface area contributed by atoms with E-state index in [-0.39, 0.29) is 41.2 Å². The van der Waals surface area contributed by atoms with Crippen LogP contribution in [-0.2, 0) is 30.4 Å². The molecule has 15 nitrogen and oxygen atoms in total. The van der Waals surface area contributed by atoms with Crippen LogP contribution in [-0.4, -0.2) is 111 Å². The summed E-state index contributed by atoms with van der Waals surface area (Å²) in [6, 6.07) is 17.7. The zero-order valence-electron chi connectivity index (χ0n) is 32.6. The number of rotatable bonds is 8. The van der Waals surface area contributed by atoms with Gasteiger partial charge in [-0.05, 0) is 91.1 Å².